The van der Waals surface area contributed by atoms with E-state index in [0.717, 1.165) is 52.1 Å². The lowest BCUT2D eigenvalue weighted by Crippen LogP contribution is -2.36. The average Bonchev–Trinajstić information content (AvgIpc) is 2.74. The molecule has 0 aromatic rings. The number of rotatable bonds is 5. The zero-order valence-electron chi connectivity index (χ0n) is 9.95. The van der Waals surface area contributed by atoms with Crippen molar-refractivity contribution in [3.63, 3.8) is 0 Å². The Labute approximate surface area is 96.6 Å². The molecule has 1 aliphatic carbocycles. The maximum atomic E-state index is 11.4. The molecule has 1 saturated carbocycles. The fourth-order valence-corrected chi connectivity index (χ4v) is 3.25. The first kappa shape index (κ1) is 11.9. The van der Waals surface area contributed by atoms with Crippen LogP contribution in [0, 0.1) is 11.3 Å². The van der Waals surface area contributed by atoms with Crippen LogP contribution in [0.15, 0.2) is 0 Å². The molecule has 2 atom stereocenters. The normalized spacial score (nSPS) is 34.2. The number of nitrogens with zero attached hydrogens (tertiary/aromatic N) is 1. The van der Waals surface area contributed by atoms with Gasteiger partial charge in [-0.2, -0.15) is 0 Å². The molecule has 1 saturated heterocycles. The average molecular weight is 227 g/mol. The Hall–Kier alpha value is -0.610. The third kappa shape index (κ3) is 1.96. The van der Waals surface area contributed by atoms with Crippen LogP contribution in [0.5, 0.6) is 0 Å². The van der Waals surface area contributed by atoms with Gasteiger partial charge < -0.3 is 9.84 Å². The van der Waals surface area contributed by atoms with Gasteiger partial charge >= 0.3 is 5.97 Å². The van der Waals surface area contributed by atoms with Gasteiger partial charge in [0.2, 0.25) is 0 Å². The van der Waals surface area contributed by atoms with Crippen LogP contribution in [0.2, 0.25) is 0 Å². The van der Waals surface area contributed by atoms with Crippen LogP contribution in [0.3, 0.4) is 0 Å². The Morgan fingerprint density at radius 2 is 2.44 bits per heavy atom. The molecule has 4 heteroatoms. The molecule has 0 bridgehead atoms. The van der Waals surface area contributed by atoms with Crippen LogP contribution < -0.4 is 0 Å². The van der Waals surface area contributed by atoms with Gasteiger partial charge in [0.05, 0.1) is 12.0 Å². The third-order valence-corrected chi connectivity index (χ3v) is 4.12. The largest absolute Gasteiger partial charge is 0.481 e. The van der Waals surface area contributed by atoms with Crippen molar-refractivity contribution in [2.45, 2.75) is 26.2 Å². The minimum atomic E-state index is -0.589. The lowest BCUT2D eigenvalue weighted by Gasteiger charge is -2.23. The molecule has 2 rings (SSSR count). The molecule has 0 aromatic carbocycles. The van der Waals surface area contributed by atoms with E-state index in [1.807, 2.05) is 6.92 Å². The second-order valence-corrected chi connectivity index (χ2v) is 4.98. The molecular formula is C12H21NO3. The molecule has 4 nitrogen and oxygen atoms in total. The van der Waals surface area contributed by atoms with Crippen LogP contribution in [0.25, 0.3) is 0 Å². The molecule has 0 unspecified atom stereocenters. The van der Waals surface area contributed by atoms with Crippen molar-refractivity contribution in [3.05, 3.63) is 0 Å². The molecule has 1 aliphatic heterocycles. The minimum Gasteiger partial charge on any atom is -0.481 e. The summed E-state index contributed by atoms with van der Waals surface area (Å²) in [6.45, 7) is 5.98. The summed E-state index contributed by atoms with van der Waals surface area (Å²) in [6, 6.07) is 0. The van der Waals surface area contributed by atoms with Crippen molar-refractivity contribution in [1.82, 2.24) is 4.90 Å². The number of hydrogen-bond donors (Lipinski definition) is 1. The Balaban J connectivity index is 1.92. The van der Waals surface area contributed by atoms with Crippen molar-refractivity contribution in [3.8, 4) is 0 Å². The predicted octanol–water partition coefficient (Wildman–Crippen LogP) is 1.21. The number of hydrogen-bond acceptors (Lipinski definition) is 3. The number of ether oxygens (including phenoxy) is 1. The van der Waals surface area contributed by atoms with E-state index in [4.69, 9.17) is 4.74 Å². The molecule has 2 aliphatic rings. The number of likely N-dealkylation sites (tertiary alicyclic amines) is 1. The highest BCUT2D eigenvalue weighted by Crippen LogP contribution is 2.48. The van der Waals surface area contributed by atoms with Crippen LogP contribution in [0.4, 0.5) is 0 Å². The standard InChI is InChI=1S/C12H21NO3/c1-2-16-7-6-13-8-10-4-3-5-12(10,9-13)11(14)15/h10H,2-9H2,1H3,(H,14,15)/t10-,12+/m0/s1. The summed E-state index contributed by atoms with van der Waals surface area (Å²) in [6.07, 6.45) is 3.02. The number of aliphatic carboxylic acids is 1. The van der Waals surface area contributed by atoms with E-state index < -0.39 is 11.4 Å². The zero-order valence-corrected chi connectivity index (χ0v) is 9.95. The van der Waals surface area contributed by atoms with Crippen LogP contribution in [-0.2, 0) is 9.53 Å². The second-order valence-electron chi connectivity index (χ2n) is 4.98. The van der Waals surface area contributed by atoms with Crippen LogP contribution >= 0.6 is 0 Å². The van der Waals surface area contributed by atoms with E-state index in [2.05, 4.69) is 4.90 Å². The number of carboxylic acid groups (broad SMARTS) is 1. The number of fused-ring (bicyclic) bond motifs is 1. The fraction of sp³-hybridized carbons (Fsp3) is 0.917. The van der Waals surface area contributed by atoms with E-state index >= 15 is 0 Å². The molecule has 16 heavy (non-hydrogen) atoms. The summed E-state index contributed by atoms with van der Waals surface area (Å²) in [5.74, 6) is -0.222. The van der Waals surface area contributed by atoms with Gasteiger partial charge in [0.1, 0.15) is 0 Å². The Morgan fingerprint density at radius 3 is 3.06 bits per heavy atom. The van der Waals surface area contributed by atoms with Crippen LogP contribution in [-0.4, -0.2) is 48.8 Å². The van der Waals surface area contributed by atoms with Crippen molar-refractivity contribution in [2.24, 2.45) is 11.3 Å². The summed E-state index contributed by atoms with van der Waals surface area (Å²) in [5, 5.41) is 9.41. The topological polar surface area (TPSA) is 49.8 Å². The van der Waals surface area contributed by atoms with Crippen molar-refractivity contribution < 1.29 is 14.6 Å². The first-order chi connectivity index (χ1) is 7.69. The molecule has 2 fully saturated rings. The fourth-order valence-electron chi connectivity index (χ4n) is 3.25. The van der Waals surface area contributed by atoms with Gasteiger partial charge in [0.25, 0.3) is 0 Å². The molecule has 0 aromatic heterocycles. The quantitative estimate of drug-likeness (QED) is 0.717. The van der Waals surface area contributed by atoms with Gasteiger partial charge in [-0.1, -0.05) is 6.42 Å². The summed E-state index contributed by atoms with van der Waals surface area (Å²) < 4.78 is 5.32. The van der Waals surface area contributed by atoms with Gasteiger partial charge in [-0.3, -0.25) is 9.69 Å². The van der Waals surface area contributed by atoms with Crippen molar-refractivity contribution in [1.29, 1.82) is 0 Å². The highest BCUT2D eigenvalue weighted by Gasteiger charge is 2.54. The monoisotopic (exact) mass is 227 g/mol. The van der Waals surface area contributed by atoms with Gasteiger partial charge in [-0.25, -0.2) is 0 Å². The molecule has 1 heterocycles. The predicted molar refractivity (Wildman–Crippen MR) is 60.3 cm³/mol. The van der Waals surface area contributed by atoms with Crippen LogP contribution in [0.1, 0.15) is 26.2 Å². The highest BCUT2D eigenvalue weighted by atomic mass is 16.5. The lowest BCUT2D eigenvalue weighted by atomic mass is 9.81. The SMILES string of the molecule is CCOCCN1C[C@@H]2CCC[C@@]2(C(=O)O)C1. The first-order valence-electron chi connectivity index (χ1n) is 6.22. The zero-order chi connectivity index (χ0) is 11.6. The highest BCUT2D eigenvalue weighted by molar-refractivity contribution is 5.76. The van der Waals surface area contributed by atoms with E-state index in [-0.39, 0.29) is 0 Å². The summed E-state index contributed by atoms with van der Waals surface area (Å²) in [7, 11) is 0. The molecule has 92 valence electrons. The van der Waals surface area contributed by atoms with E-state index in [1.165, 1.54) is 0 Å². The van der Waals surface area contributed by atoms with Gasteiger partial charge in [0, 0.05) is 26.2 Å². The van der Waals surface area contributed by atoms with E-state index in [9.17, 15) is 9.90 Å². The van der Waals surface area contributed by atoms with Crippen molar-refractivity contribution >= 4 is 5.97 Å². The maximum absolute atomic E-state index is 11.4. The number of carboxylic acids is 1. The van der Waals surface area contributed by atoms with Gasteiger partial charge in [0.15, 0.2) is 0 Å². The van der Waals surface area contributed by atoms with E-state index in [0.29, 0.717) is 5.92 Å². The second kappa shape index (κ2) is 4.72. The lowest BCUT2D eigenvalue weighted by molar-refractivity contribution is -0.149. The Morgan fingerprint density at radius 1 is 1.62 bits per heavy atom. The Kier molecular flexibility index (Phi) is 3.50. The molecule has 0 amide bonds. The molecular weight excluding hydrogens is 206 g/mol. The van der Waals surface area contributed by atoms with Gasteiger partial charge in [-0.15, -0.1) is 0 Å². The smallest absolute Gasteiger partial charge is 0.311 e. The summed E-state index contributed by atoms with van der Waals surface area (Å²) in [4.78, 5) is 13.7. The first-order valence-corrected chi connectivity index (χ1v) is 6.22. The minimum absolute atomic E-state index is 0.367. The Bertz CT molecular complexity index is 269. The molecule has 1 N–H and O–H groups in total. The third-order valence-electron chi connectivity index (χ3n) is 4.12. The van der Waals surface area contributed by atoms with E-state index in [1.54, 1.807) is 0 Å². The molecule has 0 radical (unpaired) electrons. The summed E-state index contributed by atoms with van der Waals surface area (Å²) in [5.41, 5.74) is -0.438. The molecule has 0 spiro atoms. The maximum Gasteiger partial charge on any atom is 0.311 e. The number of carbonyl (C=O) groups is 1. The van der Waals surface area contributed by atoms with Crippen molar-refractivity contribution in [2.75, 3.05) is 32.8 Å². The van der Waals surface area contributed by atoms with Gasteiger partial charge in [-0.05, 0) is 25.7 Å². The summed E-state index contributed by atoms with van der Waals surface area (Å²) >= 11 is 0.